The van der Waals surface area contributed by atoms with Crippen LogP contribution in [-0.4, -0.2) is 46.9 Å². The van der Waals surface area contributed by atoms with E-state index in [0.717, 1.165) is 55.4 Å². The molecule has 0 N–H and O–H groups in total. The van der Waals surface area contributed by atoms with Crippen molar-refractivity contribution in [1.29, 1.82) is 0 Å². The number of aromatic nitrogens is 2. The van der Waals surface area contributed by atoms with Crippen LogP contribution >= 0.6 is 11.3 Å². The third kappa shape index (κ3) is 3.83. The monoisotopic (exact) mass is 393 g/mol. The van der Waals surface area contributed by atoms with Gasteiger partial charge in [0.15, 0.2) is 0 Å². The summed E-state index contributed by atoms with van der Waals surface area (Å²) in [6, 6.07) is 2.22. The Balaban J connectivity index is 1.33. The van der Waals surface area contributed by atoms with Crippen LogP contribution in [0.5, 0.6) is 0 Å². The predicted octanol–water partition coefficient (Wildman–Crippen LogP) is 4.56. The summed E-state index contributed by atoms with van der Waals surface area (Å²) < 4.78 is 1.24. The number of pyridine rings is 1. The van der Waals surface area contributed by atoms with E-state index in [-0.39, 0.29) is 0 Å². The first-order chi connectivity index (χ1) is 13.8. The number of aliphatic imine (C=N–C) groups is 1. The predicted molar refractivity (Wildman–Crippen MR) is 117 cm³/mol. The molecule has 2 saturated heterocycles. The molecule has 5 rings (SSSR count). The van der Waals surface area contributed by atoms with Gasteiger partial charge in [-0.2, -0.15) is 0 Å². The molecule has 0 spiro atoms. The molecule has 2 fully saturated rings. The van der Waals surface area contributed by atoms with Gasteiger partial charge in [0.05, 0.1) is 21.4 Å². The van der Waals surface area contributed by atoms with E-state index in [4.69, 9.17) is 9.98 Å². The van der Waals surface area contributed by atoms with Crippen LogP contribution in [0.3, 0.4) is 0 Å². The average Bonchev–Trinajstić information content (AvgIpc) is 3.34. The van der Waals surface area contributed by atoms with Gasteiger partial charge in [-0.15, -0.1) is 11.3 Å². The fraction of sp³-hybridized carbons (Fsp3) is 0.500. The Hall–Kier alpha value is -2.21. The normalized spacial score (nSPS) is 20.4. The van der Waals surface area contributed by atoms with Gasteiger partial charge in [-0.05, 0) is 37.7 Å². The molecule has 6 heteroatoms. The summed E-state index contributed by atoms with van der Waals surface area (Å²) in [7, 11) is 0. The second-order valence-electron chi connectivity index (χ2n) is 7.89. The number of rotatable bonds is 3. The molecule has 0 atom stereocenters. The van der Waals surface area contributed by atoms with Gasteiger partial charge < -0.3 is 9.80 Å². The van der Waals surface area contributed by atoms with Gasteiger partial charge in [0.1, 0.15) is 11.7 Å². The minimum absolute atomic E-state index is 0.839. The molecule has 0 aliphatic carbocycles. The number of nitrogens with zero attached hydrogens (tertiary/aromatic N) is 5. The number of amidine groups is 1. The van der Waals surface area contributed by atoms with Crippen molar-refractivity contribution in [3.05, 3.63) is 41.2 Å². The van der Waals surface area contributed by atoms with Crippen LogP contribution in [0.15, 0.2) is 41.2 Å². The van der Waals surface area contributed by atoms with Gasteiger partial charge in [0, 0.05) is 51.3 Å². The fourth-order valence-electron chi connectivity index (χ4n) is 4.27. The number of hydrogen-bond donors (Lipinski definition) is 0. The van der Waals surface area contributed by atoms with E-state index in [0.29, 0.717) is 0 Å². The van der Waals surface area contributed by atoms with Crippen LogP contribution in [-0.2, 0) is 6.42 Å². The maximum Gasteiger partial charge on any atom is 0.130 e. The SMILES string of the molecule is C1=CC(Cc2nc3cnc(N4CCCCC4)cc3s2)=CN=C(N2CCCC2)C1. The highest BCUT2D eigenvalue weighted by Gasteiger charge is 2.17. The summed E-state index contributed by atoms with van der Waals surface area (Å²) in [6.07, 6.45) is 16.7. The molecule has 2 aromatic rings. The first-order valence-electron chi connectivity index (χ1n) is 10.5. The van der Waals surface area contributed by atoms with Crippen LogP contribution in [0.1, 0.15) is 43.5 Å². The molecule has 5 heterocycles. The minimum atomic E-state index is 0.839. The summed E-state index contributed by atoms with van der Waals surface area (Å²) in [5.41, 5.74) is 2.25. The van der Waals surface area contributed by atoms with E-state index in [9.17, 15) is 0 Å². The summed E-state index contributed by atoms with van der Waals surface area (Å²) in [5, 5.41) is 1.14. The smallest absolute Gasteiger partial charge is 0.130 e. The molecule has 2 aromatic heterocycles. The van der Waals surface area contributed by atoms with Gasteiger partial charge in [0.2, 0.25) is 0 Å². The van der Waals surface area contributed by atoms with Crippen molar-refractivity contribution in [1.82, 2.24) is 14.9 Å². The van der Waals surface area contributed by atoms with Crippen molar-refractivity contribution >= 4 is 33.2 Å². The zero-order valence-electron chi connectivity index (χ0n) is 16.3. The summed E-state index contributed by atoms with van der Waals surface area (Å²) in [4.78, 5) is 19.1. The summed E-state index contributed by atoms with van der Waals surface area (Å²) >= 11 is 1.79. The Morgan fingerprint density at radius 1 is 0.964 bits per heavy atom. The van der Waals surface area contributed by atoms with Crippen LogP contribution in [0.2, 0.25) is 0 Å². The second kappa shape index (κ2) is 8.03. The Morgan fingerprint density at radius 2 is 1.75 bits per heavy atom. The molecule has 0 saturated carbocycles. The average molecular weight is 394 g/mol. The fourth-order valence-corrected chi connectivity index (χ4v) is 5.28. The molecular weight excluding hydrogens is 366 g/mol. The van der Waals surface area contributed by atoms with Crippen molar-refractivity contribution in [2.75, 3.05) is 31.1 Å². The molecule has 28 heavy (non-hydrogen) atoms. The van der Waals surface area contributed by atoms with Gasteiger partial charge in [-0.3, -0.25) is 0 Å². The Bertz CT molecular complexity index is 930. The van der Waals surface area contributed by atoms with Gasteiger partial charge in [0.25, 0.3) is 0 Å². The Labute approximate surface area is 170 Å². The number of fused-ring (bicyclic) bond motifs is 1. The first-order valence-corrected chi connectivity index (χ1v) is 11.3. The molecule has 0 aromatic carbocycles. The van der Waals surface area contributed by atoms with Crippen LogP contribution in [0.4, 0.5) is 5.82 Å². The molecule has 0 unspecified atom stereocenters. The lowest BCUT2D eigenvalue weighted by molar-refractivity contribution is 0.512. The van der Waals surface area contributed by atoms with E-state index in [1.54, 1.807) is 11.3 Å². The highest BCUT2D eigenvalue weighted by molar-refractivity contribution is 7.18. The zero-order chi connectivity index (χ0) is 18.8. The molecule has 3 aliphatic heterocycles. The number of hydrogen-bond acceptors (Lipinski definition) is 6. The lowest BCUT2D eigenvalue weighted by Gasteiger charge is -2.27. The van der Waals surface area contributed by atoms with Crippen molar-refractivity contribution in [3.8, 4) is 0 Å². The molecule has 0 amide bonds. The highest BCUT2D eigenvalue weighted by Crippen LogP contribution is 2.28. The maximum atomic E-state index is 4.82. The molecule has 0 radical (unpaired) electrons. The number of allylic oxidation sites excluding steroid dienone is 2. The van der Waals surface area contributed by atoms with Crippen molar-refractivity contribution < 1.29 is 0 Å². The van der Waals surface area contributed by atoms with Crippen molar-refractivity contribution in [3.63, 3.8) is 0 Å². The number of anilines is 1. The maximum absolute atomic E-state index is 4.82. The third-order valence-corrected chi connectivity index (χ3v) is 6.84. The zero-order valence-corrected chi connectivity index (χ0v) is 17.1. The van der Waals surface area contributed by atoms with E-state index < -0.39 is 0 Å². The lowest BCUT2D eigenvalue weighted by Crippen LogP contribution is -2.29. The standard InChI is InChI=1S/C22H27N5S/c1-2-9-27(10-3-1)21-14-19-18(16-24-21)25-22(28-19)13-17-7-6-8-20(23-15-17)26-11-4-5-12-26/h6-7,14-16H,1-5,8-13H2. The Kier molecular flexibility index (Phi) is 5.12. The molecular formula is C22H27N5S. The van der Waals surface area contributed by atoms with E-state index in [2.05, 4.69) is 33.0 Å². The van der Waals surface area contributed by atoms with Crippen LogP contribution < -0.4 is 4.90 Å². The minimum Gasteiger partial charge on any atom is -0.360 e. The topological polar surface area (TPSA) is 44.6 Å². The van der Waals surface area contributed by atoms with Gasteiger partial charge in [-0.1, -0.05) is 12.2 Å². The third-order valence-electron chi connectivity index (χ3n) is 5.82. The van der Waals surface area contributed by atoms with E-state index in [1.165, 1.54) is 48.2 Å². The number of piperidine rings is 1. The second-order valence-corrected chi connectivity index (χ2v) is 9.01. The lowest BCUT2D eigenvalue weighted by atomic mass is 10.1. The van der Waals surface area contributed by atoms with Gasteiger partial charge in [-0.25, -0.2) is 15.0 Å². The Morgan fingerprint density at radius 3 is 2.61 bits per heavy atom. The van der Waals surface area contributed by atoms with Crippen LogP contribution in [0, 0.1) is 0 Å². The van der Waals surface area contributed by atoms with E-state index >= 15 is 0 Å². The van der Waals surface area contributed by atoms with Crippen molar-refractivity contribution in [2.24, 2.45) is 4.99 Å². The number of thiazole rings is 1. The van der Waals surface area contributed by atoms with E-state index in [1.807, 2.05) is 12.4 Å². The number of likely N-dealkylation sites (tertiary alicyclic amines) is 1. The largest absolute Gasteiger partial charge is 0.360 e. The molecule has 146 valence electrons. The van der Waals surface area contributed by atoms with Gasteiger partial charge >= 0.3 is 0 Å². The molecule has 3 aliphatic rings. The summed E-state index contributed by atoms with van der Waals surface area (Å²) in [5.74, 6) is 2.32. The first kappa shape index (κ1) is 17.9. The molecule has 0 bridgehead atoms. The molecule has 5 nitrogen and oxygen atoms in total. The van der Waals surface area contributed by atoms with Crippen LogP contribution in [0.25, 0.3) is 10.2 Å². The summed E-state index contributed by atoms with van der Waals surface area (Å²) in [6.45, 7) is 4.55. The van der Waals surface area contributed by atoms with Crippen molar-refractivity contribution in [2.45, 2.75) is 44.9 Å². The highest BCUT2D eigenvalue weighted by atomic mass is 32.1. The quantitative estimate of drug-likeness (QED) is 0.767.